The van der Waals surface area contributed by atoms with E-state index < -0.39 is 0 Å². The lowest BCUT2D eigenvalue weighted by Crippen LogP contribution is -2.49. The second-order valence-electron chi connectivity index (χ2n) is 10.5. The third kappa shape index (κ3) is 3.07. The third-order valence-electron chi connectivity index (χ3n) is 8.48. The lowest BCUT2D eigenvalue weighted by atomic mass is 9.77. The van der Waals surface area contributed by atoms with Gasteiger partial charge in [-0.05, 0) is 60.9 Å². The second kappa shape index (κ2) is 8.22. The Morgan fingerprint density at radius 1 is 0.816 bits per heavy atom. The number of furan rings is 1. The average molecular weight is 494 g/mol. The molecule has 4 heteroatoms. The molecule has 2 aliphatic heterocycles. The first-order valence-corrected chi connectivity index (χ1v) is 13.4. The maximum absolute atomic E-state index is 6.46. The Labute approximate surface area is 221 Å². The van der Waals surface area contributed by atoms with Crippen LogP contribution in [-0.4, -0.2) is 4.98 Å². The zero-order chi connectivity index (χ0) is 25.2. The molecule has 6 aromatic rings. The number of nitrogens with zero attached hydrogens (tertiary/aromatic N) is 3. The minimum atomic E-state index is 0.287. The number of benzene rings is 2. The first-order valence-electron chi connectivity index (χ1n) is 13.4. The molecule has 0 amide bonds. The fraction of sp³-hybridized carbons (Fsp3) is 0.147. The Morgan fingerprint density at radius 3 is 2.61 bits per heavy atom. The maximum atomic E-state index is 6.46. The van der Waals surface area contributed by atoms with E-state index in [0.717, 1.165) is 52.6 Å². The fourth-order valence-electron chi connectivity index (χ4n) is 6.79. The van der Waals surface area contributed by atoms with Gasteiger partial charge in [0.1, 0.15) is 0 Å². The topological polar surface area (TPSA) is 33.8 Å². The number of aromatic nitrogens is 3. The SMILES string of the molecule is C=C1CC2C(CCc3ccc4c(oc5ncccc54)c3-c3cccc[n+]31)c1ccccc1-c1cccc[n+]12. The van der Waals surface area contributed by atoms with Crippen molar-refractivity contribution in [2.45, 2.75) is 31.2 Å². The van der Waals surface area contributed by atoms with Crippen LogP contribution in [0, 0.1) is 0 Å². The molecule has 6 heterocycles. The molecular formula is C34H27N3O+2. The Morgan fingerprint density at radius 2 is 1.66 bits per heavy atom. The van der Waals surface area contributed by atoms with Gasteiger partial charge in [-0.2, -0.15) is 9.13 Å². The second-order valence-corrected chi connectivity index (χ2v) is 10.5. The van der Waals surface area contributed by atoms with E-state index in [4.69, 9.17) is 4.42 Å². The molecule has 0 bridgehead atoms. The average Bonchev–Trinajstić information content (AvgIpc) is 3.35. The van der Waals surface area contributed by atoms with E-state index in [1.54, 1.807) is 6.20 Å². The zero-order valence-corrected chi connectivity index (χ0v) is 21.0. The zero-order valence-electron chi connectivity index (χ0n) is 21.0. The largest absolute Gasteiger partial charge is 0.437 e. The number of hydrogen-bond acceptors (Lipinski definition) is 2. The van der Waals surface area contributed by atoms with Gasteiger partial charge in [0.2, 0.25) is 17.1 Å². The van der Waals surface area contributed by atoms with Crippen LogP contribution in [0.3, 0.4) is 0 Å². The summed E-state index contributed by atoms with van der Waals surface area (Å²) in [5, 5.41) is 2.16. The highest BCUT2D eigenvalue weighted by Gasteiger charge is 2.42. The van der Waals surface area contributed by atoms with Gasteiger partial charge < -0.3 is 4.42 Å². The summed E-state index contributed by atoms with van der Waals surface area (Å²) < 4.78 is 11.2. The summed E-state index contributed by atoms with van der Waals surface area (Å²) in [7, 11) is 0. The third-order valence-corrected chi connectivity index (χ3v) is 8.48. The standard InChI is InChI=1S/C34H27N3O/c1-22-21-31-26(24-9-2-3-10-25(24)29-12-4-7-20-37(29)31)16-14-23-15-17-27-28-11-8-18-35-34(28)38-33(27)32(23)30-13-5-6-19-36(22)30/h2-13,15,17-20,26,31H,1,14,16,21H2/q+2. The van der Waals surface area contributed by atoms with Gasteiger partial charge >= 0.3 is 0 Å². The lowest BCUT2D eigenvalue weighted by molar-refractivity contribution is -0.720. The van der Waals surface area contributed by atoms with Crippen molar-refractivity contribution in [2.75, 3.05) is 0 Å². The van der Waals surface area contributed by atoms with Gasteiger partial charge in [0.05, 0.1) is 12.0 Å². The number of rotatable bonds is 0. The summed E-state index contributed by atoms with van der Waals surface area (Å²) in [6.07, 6.45) is 9.04. The molecule has 38 heavy (non-hydrogen) atoms. The van der Waals surface area contributed by atoms with Crippen molar-refractivity contribution in [3.05, 3.63) is 121 Å². The molecule has 4 aromatic heterocycles. The van der Waals surface area contributed by atoms with Gasteiger partial charge in [-0.25, -0.2) is 4.98 Å². The lowest BCUT2D eigenvalue weighted by Gasteiger charge is -2.31. The minimum Gasteiger partial charge on any atom is -0.437 e. The molecule has 2 aliphatic rings. The molecular weight excluding hydrogens is 466 g/mol. The van der Waals surface area contributed by atoms with Gasteiger partial charge in [-0.3, -0.25) is 0 Å². The number of fused-ring (bicyclic) bond motifs is 13. The molecule has 2 unspecified atom stereocenters. The molecule has 0 radical (unpaired) electrons. The molecule has 0 aliphatic carbocycles. The minimum absolute atomic E-state index is 0.287. The molecule has 2 atom stereocenters. The van der Waals surface area contributed by atoms with E-state index in [0.29, 0.717) is 11.6 Å². The van der Waals surface area contributed by atoms with Crippen molar-refractivity contribution in [3.8, 4) is 22.5 Å². The molecule has 4 nitrogen and oxygen atoms in total. The van der Waals surface area contributed by atoms with Crippen molar-refractivity contribution < 1.29 is 13.6 Å². The van der Waals surface area contributed by atoms with Gasteiger partial charge in [0.15, 0.2) is 29.7 Å². The summed E-state index contributed by atoms with van der Waals surface area (Å²) in [5.41, 5.74) is 10.3. The summed E-state index contributed by atoms with van der Waals surface area (Å²) in [6, 6.07) is 30.8. The quantitative estimate of drug-likeness (QED) is 0.213. The molecule has 0 saturated carbocycles. The summed E-state index contributed by atoms with van der Waals surface area (Å²) in [6.45, 7) is 4.65. The number of hydrogen-bond donors (Lipinski definition) is 0. The van der Waals surface area contributed by atoms with Crippen LogP contribution in [0.15, 0.2) is 115 Å². The van der Waals surface area contributed by atoms with E-state index in [2.05, 4.69) is 112 Å². The van der Waals surface area contributed by atoms with E-state index >= 15 is 0 Å². The predicted octanol–water partition coefficient (Wildman–Crippen LogP) is 7.04. The monoisotopic (exact) mass is 493 g/mol. The van der Waals surface area contributed by atoms with Gasteiger partial charge in [-0.1, -0.05) is 30.3 Å². The van der Waals surface area contributed by atoms with E-state index in [-0.39, 0.29) is 6.04 Å². The number of aryl methyl sites for hydroxylation is 1. The van der Waals surface area contributed by atoms with Crippen LogP contribution in [0.1, 0.15) is 35.9 Å². The highest BCUT2D eigenvalue weighted by Crippen LogP contribution is 2.45. The van der Waals surface area contributed by atoms with E-state index in [1.165, 1.54) is 22.4 Å². The van der Waals surface area contributed by atoms with Gasteiger partial charge in [0.25, 0.3) is 0 Å². The van der Waals surface area contributed by atoms with Crippen LogP contribution < -0.4 is 9.13 Å². The Hall–Kier alpha value is -4.57. The molecule has 0 N–H and O–H groups in total. The molecule has 2 aromatic carbocycles. The normalized spacial score (nSPS) is 18.3. The molecule has 182 valence electrons. The smallest absolute Gasteiger partial charge is 0.227 e. The fourth-order valence-corrected chi connectivity index (χ4v) is 6.79. The summed E-state index contributed by atoms with van der Waals surface area (Å²) in [4.78, 5) is 4.52. The van der Waals surface area contributed by atoms with Crippen molar-refractivity contribution in [2.24, 2.45) is 0 Å². The van der Waals surface area contributed by atoms with Crippen LogP contribution in [0.4, 0.5) is 0 Å². The predicted molar refractivity (Wildman–Crippen MR) is 149 cm³/mol. The summed E-state index contributed by atoms with van der Waals surface area (Å²) >= 11 is 0. The Kier molecular flexibility index (Phi) is 4.65. The van der Waals surface area contributed by atoms with Crippen molar-refractivity contribution in [3.63, 3.8) is 0 Å². The van der Waals surface area contributed by atoms with Crippen LogP contribution >= 0.6 is 0 Å². The molecule has 0 saturated heterocycles. The Balaban J connectivity index is 1.38. The van der Waals surface area contributed by atoms with Crippen molar-refractivity contribution >= 4 is 27.8 Å². The number of pyridine rings is 3. The maximum Gasteiger partial charge on any atom is 0.227 e. The first-order chi connectivity index (χ1) is 18.8. The van der Waals surface area contributed by atoms with Crippen LogP contribution in [0.2, 0.25) is 0 Å². The number of allylic oxidation sites excluding steroid dienone is 1. The molecule has 8 rings (SSSR count). The van der Waals surface area contributed by atoms with E-state index in [9.17, 15) is 0 Å². The van der Waals surface area contributed by atoms with Crippen LogP contribution in [0.5, 0.6) is 0 Å². The highest BCUT2D eigenvalue weighted by atomic mass is 16.3. The van der Waals surface area contributed by atoms with Gasteiger partial charge in [0, 0.05) is 52.7 Å². The molecule has 0 fully saturated rings. The van der Waals surface area contributed by atoms with Crippen LogP contribution in [-0.2, 0) is 6.42 Å². The molecule has 0 spiro atoms. The van der Waals surface area contributed by atoms with Crippen LogP contribution in [0.25, 0.3) is 50.3 Å². The highest BCUT2D eigenvalue weighted by molar-refractivity contribution is 6.08. The first kappa shape index (κ1) is 21.5. The van der Waals surface area contributed by atoms with E-state index in [1.807, 2.05) is 6.07 Å². The van der Waals surface area contributed by atoms with Gasteiger partial charge in [-0.15, -0.1) is 0 Å². The summed E-state index contributed by atoms with van der Waals surface area (Å²) in [5.74, 6) is 0.370. The Bertz CT molecular complexity index is 1900. The van der Waals surface area contributed by atoms with Crippen molar-refractivity contribution in [1.82, 2.24) is 4.98 Å². The van der Waals surface area contributed by atoms with Crippen molar-refractivity contribution in [1.29, 1.82) is 0 Å².